The molecule has 0 aromatic heterocycles. The van der Waals surface area contributed by atoms with E-state index >= 15 is 0 Å². The van der Waals surface area contributed by atoms with Crippen LogP contribution in [0.4, 0.5) is 5.69 Å². The van der Waals surface area contributed by atoms with Crippen LogP contribution in [0, 0.1) is 0 Å². The number of carbonyl (C=O) groups is 1. The van der Waals surface area contributed by atoms with Gasteiger partial charge in [0, 0.05) is 29.8 Å². The summed E-state index contributed by atoms with van der Waals surface area (Å²) in [6, 6.07) is 5.71. The lowest BCUT2D eigenvalue weighted by atomic mass is 10.1. The molecule has 4 N–H and O–H groups in total. The van der Waals surface area contributed by atoms with Gasteiger partial charge in [-0.2, -0.15) is 0 Å². The van der Waals surface area contributed by atoms with E-state index in [4.69, 9.17) is 17.3 Å². The van der Waals surface area contributed by atoms with Crippen LogP contribution in [-0.2, 0) is 0 Å². The minimum absolute atomic E-state index is 0.439. The lowest BCUT2D eigenvalue weighted by Gasteiger charge is -2.17. The number of rotatable bonds is 6. The SMILES string of the molecule is NC(=O)c1ccc(Cl)cc1NCCNC1CCCCCC1. The highest BCUT2D eigenvalue weighted by Gasteiger charge is 2.11. The van der Waals surface area contributed by atoms with Crippen molar-refractivity contribution in [1.29, 1.82) is 0 Å². The average Bonchev–Trinajstić information content (AvgIpc) is 2.72. The van der Waals surface area contributed by atoms with Crippen molar-refractivity contribution >= 4 is 23.2 Å². The van der Waals surface area contributed by atoms with Crippen LogP contribution in [0.25, 0.3) is 0 Å². The summed E-state index contributed by atoms with van der Waals surface area (Å²) >= 11 is 5.97. The number of nitrogens with one attached hydrogen (secondary N) is 2. The van der Waals surface area contributed by atoms with E-state index in [1.165, 1.54) is 38.5 Å². The highest BCUT2D eigenvalue weighted by Crippen LogP contribution is 2.20. The number of primary amides is 1. The average molecular weight is 310 g/mol. The quantitative estimate of drug-likeness (QED) is 0.558. The topological polar surface area (TPSA) is 67.2 Å². The number of anilines is 1. The Balaban J connectivity index is 1.80. The van der Waals surface area contributed by atoms with Gasteiger partial charge in [0.15, 0.2) is 0 Å². The largest absolute Gasteiger partial charge is 0.383 e. The van der Waals surface area contributed by atoms with Crippen molar-refractivity contribution in [2.24, 2.45) is 5.73 Å². The van der Waals surface area contributed by atoms with Gasteiger partial charge in [-0.3, -0.25) is 4.79 Å². The van der Waals surface area contributed by atoms with Crippen LogP contribution in [0.5, 0.6) is 0 Å². The molecule has 1 aliphatic carbocycles. The molecule has 0 saturated heterocycles. The first-order valence-corrected chi connectivity index (χ1v) is 8.11. The monoisotopic (exact) mass is 309 g/mol. The van der Waals surface area contributed by atoms with Gasteiger partial charge >= 0.3 is 0 Å². The molecular weight excluding hydrogens is 286 g/mol. The van der Waals surface area contributed by atoms with Crippen molar-refractivity contribution in [2.45, 2.75) is 44.6 Å². The number of hydrogen-bond donors (Lipinski definition) is 3. The minimum atomic E-state index is -0.439. The van der Waals surface area contributed by atoms with Crippen LogP contribution < -0.4 is 16.4 Å². The Morgan fingerprint density at radius 2 is 1.90 bits per heavy atom. The van der Waals surface area contributed by atoms with Gasteiger partial charge in [0.1, 0.15) is 0 Å². The molecule has 5 heteroatoms. The van der Waals surface area contributed by atoms with Crippen molar-refractivity contribution in [1.82, 2.24) is 5.32 Å². The van der Waals surface area contributed by atoms with Gasteiger partial charge in [-0.25, -0.2) is 0 Å². The highest BCUT2D eigenvalue weighted by atomic mass is 35.5. The second kappa shape index (κ2) is 8.25. The molecule has 0 aliphatic heterocycles. The molecular formula is C16H24ClN3O. The lowest BCUT2D eigenvalue weighted by molar-refractivity contribution is 0.100. The van der Waals surface area contributed by atoms with E-state index in [9.17, 15) is 4.79 Å². The number of benzene rings is 1. The first-order valence-electron chi connectivity index (χ1n) is 7.73. The van der Waals surface area contributed by atoms with Crippen molar-refractivity contribution < 1.29 is 4.79 Å². The summed E-state index contributed by atoms with van der Waals surface area (Å²) in [6.45, 7) is 1.62. The molecule has 0 heterocycles. The van der Waals surface area contributed by atoms with E-state index < -0.39 is 5.91 Å². The zero-order chi connectivity index (χ0) is 15.1. The van der Waals surface area contributed by atoms with Gasteiger partial charge in [-0.15, -0.1) is 0 Å². The van der Waals surface area contributed by atoms with E-state index in [1.54, 1.807) is 18.2 Å². The minimum Gasteiger partial charge on any atom is -0.383 e. The normalized spacial score (nSPS) is 16.4. The van der Waals surface area contributed by atoms with Crippen LogP contribution >= 0.6 is 11.6 Å². The Morgan fingerprint density at radius 1 is 1.19 bits per heavy atom. The van der Waals surface area contributed by atoms with E-state index in [1.807, 2.05) is 0 Å². The summed E-state index contributed by atoms with van der Waals surface area (Å²) in [7, 11) is 0. The van der Waals surface area contributed by atoms with E-state index in [0.29, 0.717) is 22.3 Å². The van der Waals surface area contributed by atoms with Crippen molar-refractivity contribution in [2.75, 3.05) is 18.4 Å². The molecule has 0 atom stereocenters. The van der Waals surface area contributed by atoms with Crippen LogP contribution in [0.3, 0.4) is 0 Å². The third-order valence-electron chi connectivity index (χ3n) is 3.98. The second-order valence-electron chi connectivity index (χ2n) is 5.62. The molecule has 21 heavy (non-hydrogen) atoms. The molecule has 1 aliphatic rings. The summed E-state index contributed by atoms with van der Waals surface area (Å²) in [5.74, 6) is -0.439. The molecule has 4 nitrogen and oxygen atoms in total. The molecule has 0 radical (unpaired) electrons. The van der Waals surface area contributed by atoms with Crippen LogP contribution in [0.1, 0.15) is 48.9 Å². The maximum atomic E-state index is 11.4. The molecule has 0 unspecified atom stereocenters. The van der Waals surface area contributed by atoms with Gasteiger partial charge in [0.25, 0.3) is 5.91 Å². The maximum Gasteiger partial charge on any atom is 0.250 e. The fourth-order valence-electron chi connectivity index (χ4n) is 2.83. The Hall–Kier alpha value is -1.26. The van der Waals surface area contributed by atoms with Gasteiger partial charge < -0.3 is 16.4 Å². The third kappa shape index (κ3) is 5.21. The van der Waals surface area contributed by atoms with Gasteiger partial charge in [0.05, 0.1) is 5.56 Å². The molecule has 1 aromatic rings. The first kappa shape index (κ1) is 16.1. The first-order chi connectivity index (χ1) is 10.2. The van der Waals surface area contributed by atoms with Gasteiger partial charge in [-0.05, 0) is 31.0 Å². The molecule has 1 amide bonds. The number of nitrogens with two attached hydrogens (primary N) is 1. The zero-order valence-corrected chi connectivity index (χ0v) is 13.1. The van der Waals surface area contributed by atoms with Crippen LogP contribution in [0.15, 0.2) is 18.2 Å². The van der Waals surface area contributed by atoms with Crippen LogP contribution in [-0.4, -0.2) is 25.0 Å². The van der Waals surface area contributed by atoms with Gasteiger partial charge in [-0.1, -0.05) is 37.3 Å². The lowest BCUT2D eigenvalue weighted by Crippen LogP contribution is -2.32. The molecule has 1 fully saturated rings. The summed E-state index contributed by atoms with van der Waals surface area (Å²) < 4.78 is 0. The highest BCUT2D eigenvalue weighted by molar-refractivity contribution is 6.31. The number of hydrogen-bond acceptors (Lipinski definition) is 3. The van der Waals surface area contributed by atoms with Crippen LogP contribution in [0.2, 0.25) is 5.02 Å². The molecule has 116 valence electrons. The van der Waals surface area contributed by atoms with Crippen molar-refractivity contribution in [3.05, 3.63) is 28.8 Å². The van der Waals surface area contributed by atoms with E-state index in [0.717, 1.165) is 13.1 Å². The summed E-state index contributed by atoms with van der Waals surface area (Å²) in [4.78, 5) is 11.4. The fraction of sp³-hybridized carbons (Fsp3) is 0.562. The number of halogens is 1. The standard InChI is InChI=1S/C16H24ClN3O/c17-12-7-8-14(16(18)21)15(11-12)20-10-9-19-13-5-3-1-2-4-6-13/h7-8,11,13,19-20H,1-6,9-10H2,(H2,18,21). The van der Waals surface area contributed by atoms with Crippen molar-refractivity contribution in [3.8, 4) is 0 Å². The summed E-state index contributed by atoms with van der Waals surface area (Å²) in [6.07, 6.45) is 7.91. The maximum absolute atomic E-state index is 11.4. The van der Waals surface area contributed by atoms with E-state index in [2.05, 4.69) is 10.6 Å². The number of amides is 1. The molecule has 1 saturated carbocycles. The number of carbonyl (C=O) groups excluding carboxylic acids is 1. The second-order valence-corrected chi connectivity index (χ2v) is 6.06. The zero-order valence-electron chi connectivity index (χ0n) is 12.3. The summed E-state index contributed by atoms with van der Waals surface area (Å²) in [5, 5.41) is 7.42. The molecule has 2 rings (SSSR count). The molecule has 0 spiro atoms. The smallest absolute Gasteiger partial charge is 0.250 e. The molecule has 0 bridgehead atoms. The predicted octanol–water partition coefficient (Wildman–Crippen LogP) is 3.16. The molecule has 1 aromatic carbocycles. The third-order valence-corrected chi connectivity index (χ3v) is 4.21. The van der Waals surface area contributed by atoms with Gasteiger partial charge in [0.2, 0.25) is 0 Å². The summed E-state index contributed by atoms with van der Waals surface area (Å²) in [5.41, 5.74) is 6.55. The Kier molecular flexibility index (Phi) is 6.33. The Morgan fingerprint density at radius 3 is 2.57 bits per heavy atom. The Bertz CT molecular complexity index is 471. The van der Waals surface area contributed by atoms with E-state index in [-0.39, 0.29) is 0 Å². The fourth-order valence-corrected chi connectivity index (χ4v) is 3.01. The van der Waals surface area contributed by atoms with Crippen molar-refractivity contribution in [3.63, 3.8) is 0 Å². The Labute approximate surface area is 131 Å². The predicted molar refractivity (Wildman–Crippen MR) is 88.0 cm³/mol.